The zero-order chi connectivity index (χ0) is 24.0. The summed E-state index contributed by atoms with van der Waals surface area (Å²) < 4.78 is 38.3. The van der Waals surface area contributed by atoms with E-state index in [1.807, 2.05) is 18.2 Å². The van der Waals surface area contributed by atoms with Crippen molar-refractivity contribution < 1.29 is 32.6 Å². The lowest BCUT2D eigenvalue weighted by atomic mass is 9.92. The van der Waals surface area contributed by atoms with Crippen LogP contribution in [0, 0.1) is 11.6 Å². The molecule has 34 heavy (non-hydrogen) atoms. The minimum atomic E-state index is -1.61. The number of ether oxygens (including phenoxy) is 2. The SMILES string of the molecule is C[C@]1(c2ccc(F)c(F)c2)NC(=O)N(CC(=O)N2CCC[C@H]2c2ccc3c(c2)OCCO3)C1=O. The molecule has 0 unspecified atom stereocenters. The van der Waals surface area contributed by atoms with Gasteiger partial charge in [0.25, 0.3) is 5.91 Å². The van der Waals surface area contributed by atoms with Gasteiger partial charge in [-0.05, 0) is 55.2 Å². The molecule has 3 heterocycles. The first-order valence-corrected chi connectivity index (χ1v) is 11.1. The molecule has 2 aromatic rings. The van der Waals surface area contributed by atoms with Gasteiger partial charge in [0.15, 0.2) is 23.1 Å². The van der Waals surface area contributed by atoms with Gasteiger partial charge in [0.1, 0.15) is 25.3 Å². The van der Waals surface area contributed by atoms with Crippen LogP contribution in [0.1, 0.15) is 36.9 Å². The number of carbonyl (C=O) groups excluding carboxylic acids is 3. The molecule has 5 rings (SSSR count). The summed E-state index contributed by atoms with van der Waals surface area (Å²) in [5.74, 6) is -1.99. The van der Waals surface area contributed by atoms with Gasteiger partial charge in [-0.3, -0.25) is 14.5 Å². The molecule has 0 radical (unpaired) electrons. The highest BCUT2D eigenvalue weighted by atomic mass is 19.2. The molecule has 0 aromatic heterocycles. The van der Waals surface area contributed by atoms with Crippen LogP contribution >= 0.6 is 0 Å². The summed E-state index contributed by atoms with van der Waals surface area (Å²) in [6.45, 7) is 2.37. The van der Waals surface area contributed by atoms with E-state index < -0.39 is 35.7 Å². The minimum absolute atomic E-state index is 0.0926. The molecule has 0 spiro atoms. The van der Waals surface area contributed by atoms with Gasteiger partial charge in [0.2, 0.25) is 5.91 Å². The Morgan fingerprint density at radius 1 is 1.09 bits per heavy atom. The van der Waals surface area contributed by atoms with Gasteiger partial charge in [-0.25, -0.2) is 13.6 Å². The van der Waals surface area contributed by atoms with Gasteiger partial charge >= 0.3 is 6.03 Å². The van der Waals surface area contributed by atoms with E-state index in [0.717, 1.165) is 35.4 Å². The molecular formula is C24H23F2N3O5. The monoisotopic (exact) mass is 471 g/mol. The molecule has 0 aliphatic carbocycles. The van der Waals surface area contributed by atoms with Crippen molar-refractivity contribution in [1.82, 2.24) is 15.1 Å². The van der Waals surface area contributed by atoms with Crippen molar-refractivity contribution in [1.29, 1.82) is 0 Å². The number of rotatable bonds is 4. The van der Waals surface area contributed by atoms with Crippen LogP contribution in [0.4, 0.5) is 13.6 Å². The van der Waals surface area contributed by atoms with Crippen molar-refractivity contribution >= 4 is 17.8 Å². The second-order valence-corrected chi connectivity index (χ2v) is 8.72. The number of benzene rings is 2. The second kappa shape index (κ2) is 8.27. The Kier molecular flexibility index (Phi) is 5.38. The molecule has 2 atom stereocenters. The van der Waals surface area contributed by atoms with Gasteiger partial charge in [0, 0.05) is 6.54 Å². The number of nitrogens with zero attached hydrogens (tertiary/aromatic N) is 2. The maximum atomic E-state index is 13.8. The molecule has 4 amide bonds. The Labute approximate surface area is 194 Å². The van der Waals surface area contributed by atoms with E-state index in [2.05, 4.69) is 5.32 Å². The highest BCUT2D eigenvalue weighted by molar-refractivity contribution is 6.09. The topological polar surface area (TPSA) is 88.2 Å². The molecule has 8 nitrogen and oxygen atoms in total. The quantitative estimate of drug-likeness (QED) is 0.693. The maximum Gasteiger partial charge on any atom is 0.325 e. The number of urea groups is 1. The summed E-state index contributed by atoms with van der Waals surface area (Å²) in [6.07, 6.45) is 1.51. The number of hydrogen-bond donors (Lipinski definition) is 1. The van der Waals surface area contributed by atoms with Crippen molar-refractivity contribution in [2.75, 3.05) is 26.3 Å². The zero-order valence-electron chi connectivity index (χ0n) is 18.5. The molecule has 178 valence electrons. The van der Waals surface area contributed by atoms with Gasteiger partial charge in [-0.2, -0.15) is 0 Å². The Morgan fingerprint density at radius 2 is 1.85 bits per heavy atom. The highest BCUT2D eigenvalue weighted by Gasteiger charge is 2.50. The van der Waals surface area contributed by atoms with E-state index in [-0.39, 0.29) is 17.5 Å². The number of carbonyl (C=O) groups is 3. The predicted octanol–water partition coefficient (Wildman–Crippen LogP) is 2.87. The second-order valence-electron chi connectivity index (χ2n) is 8.72. The number of imide groups is 1. The van der Waals surface area contributed by atoms with Crippen molar-refractivity contribution in [3.63, 3.8) is 0 Å². The van der Waals surface area contributed by atoms with E-state index in [1.165, 1.54) is 13.0 Å². The van der Waals surface area contributed by atoms with Crippen LogP contribution in [0.5, 0.6) is 11.5 Å². The number of hydrogen-bond acceptors (Lipinski definition) is 5. The fourth-order valence-electron chi connectivity index (χ4n) is 4.75. The van der Waals surface area contributed by atoms with Crippen molar-refractivity contribution in [2.45, 2.75) is 31.3 Å². The summed E-state index contributed by atoms with van der Waals surface area (Å²) in [4.78, 5) is 41.4. The molecule has 0 saturated carbocycles. The first kappa shape index (κ1) is 22.1. The predicted molar refractivity (Wildman–Crippen MR) is 115 cm³/mol. The Morgan fingerprint density at radius 3 is 2.62 bits per heavy atom. The Hall–Kier alpha value is -3.69. The Bertz CT molecular complexity index is 1190. The number of nitrogens with one attached hydrogen (secondary N) is 1. The third kappa shape index (κ3) is 3.63. The van der Waals surface area contributed by atoms with E-state index in [0.29, 0.717) is 31.3 Å². The molecule has 2 fully saturated rings. The van der Waals surface area contributed by atoms with Crippen LogP contribution < -0.4 is 14.8 Å². The average molecular weight is 471 g/mol. The molecule has 3 aliphatic rings. The third-order valence-corrected chi connectivity index (χ3v) is 6.59. The number of fused-ring (bicyclic) bond motifs is 1. The first-order valence-electron chi connectivity index (χ1n) is 11.1. The third-order valence-electron chi connectivity index (χ3n) is 6.59. The van der Waals surface area contributed by atoms with E-state index in [4.69, 9.17) is 9.47 Å². The van der Waals surface area contributed by atoms with Crippen LogP contribution in [0.3, 0.4) is 0 Å². The van der Waals surface area contributed by atoms with Gasteiger partial charge in [-0.1, -0.05) is 12.1 Å². The fraction of sp³-hybridized carbons (Fsp3) is 0.375. The van der Waals surface area contributed by atoms with Gasteiger partial charge in [-0.15, -0.1) is 0 Å². The van der Waals surface area contributed by atoms with Crippen LogP contribution in [0.15, 0.2) is 36.4 Å². The van der Waals surface area contributed by atoms with Crippen LogP contribution in [0.25, 0.3) is 0 Å². The fourth-order valence-corrected chi connectivity index (χ4v) is 4.75. The van der Waals surface area contributed by atoms with Crippen LogP contribution in [-0.2, 0) is 15.1 Å². The Balaban J connectivity index is 1.34. The minimum Gasteiger partial charge on any atom is -0.486 e. The molecule has 3 aliphatic heterocycles. The molecular weight excluding hydrogens is 448 g/mol. The lowest BCUT2D eigenvalue weighted by molar-refractivity contribution is -0.139. The zero-order valence-corrected chi connectivity index (χ0v) is 18.5. The van der Waals surface area contributed by atoms with Crippen LogP contribution in [0.2, 0.25) is 0 Å². The standard InChI is InChI=1S/C24H23F2N3O5/c1-24(15-5-6-16(25)17(26)12-15)22(31)29(23(32)27-24)13-21(30)28-8-2-3-18(28)14-4-7-19-20(11-14)34-10-9-33-19/h4-7,11-12,18H,2-3,8-10,13H2,1H3,(H,27,32)/t18-,24+/m0/s1. The summed E-state index contributed by atoms with van der Waals surface area (Å²) in [5, 5.41) is 2.51. The lowest BCUT2D eigenvalue weighted by Crippen LogP contribution is -2.44. The van der Waals surface area contributed by atoms with Gasteiger partial charge in [0.05, 0.1) is 6.04 Å². The first-order chi connectivity index (χ1) is 16.3. The smallest absolute Gasteiger partial charge is 0.325 e. The molecule has 2 aromatic carbocycles. The molecule has 1 N–H and O–H groups in total. The number of halogens is 2. The largest absolute Gasteiger partial charge is 0.486 e. The number of likely N-dealkylation sites (tertiary alicyclic amines) is 1. The average Bonchev–Trinajstić information content (AvgIpc) is 3.40. The van der Waals surface area contributed by atoms with Crippen molar-refractivity contribution in [3.8, 4) is 11.5 Å². The summed E-state index contributed by atoms with van der Waals surface area (Å²) in [5.41, 5.74) is -0.625. The van der Waals surface area contributed by atoms with E-state index in [1.54, 1.807) is 4.90 Å². The van der Waals surface area contributed by atoms with Gasteiger partial charge < -0.3 is 19.7 Å². The summed E-state index contributed by atoms with van der Waals surface area (Å²) >= 11 is 0. The molecule has 2 saturated heterocycles. The normalized spacial score (nSPS) is 23.9. The van der Waals surface area contributed by atoms with Crippen LogP contribution in [-0.4, -0.2) is 53.9 Å². The highest BCUT2D eigenvalue weighted by Crippen LogP contribution is 2.38. The lowest BCUT2D eigenvalue weighted by Gasteiger charge is -2.28. The van der Waals surface area contributed by atoms with E-state index in [9.17, 15) is 23.2 Å². The van der Waals surface area contributed by atoms with Crippen molar-refractivity contribution in [2.24, 2.45) is 0 Å². The summed E-state index contributed by atoms with van der Waals surface area (Å²) in [6, 6.07) is 7.58. The van der Waals surface area contributed by atoms with E-state index >= 15 is 0 Å². The maximum absolute atomic E-state index is 13.8. The summed E-state index contributed by atoms with van der Waals surface area (Å²) in [7, 11) is 0. The number of amides is 4. The van der Waals surface area contributed by atoms with Crippen molar-refractivity contribution in [3.05, 3.63) is 59.2 Å². The molecule has 10 heteroatoms. The molecule has 0 bridgehead atoms.